The highest BCUT2D eigenvalue weighted by molar-refractivity contribution is 6.62. The lowest BCUT2D eigenvalue weighted by molar-refractivity contribution is 0.00578. The van der Waals surface area contributed by atoms with Crippen LogP contribution in [-0.4, -0.2) is 18.3 Å². The number of aryl methyl sites for hydroxylation is 3. The van der Waals surface area contributed by atoms with Crippen molar-refractivity contribution in [1.82, 2.24) is 0 Å². The third kappa shape index (κ3) is 4.85. The Morgan fingerprint density at radius 2 is 1.22 bits per heavy atom. The van der Waals surface area contributed by atoms with Crippen LogP contribution in [0.2, 0.25) is 0 Å². The molecule has 3 heteroatoms. The predicted molar refractivity (Wildman–Crippen MR) is 135 cm³/mol. The van der Waals surface area contributed by atoms with E-state index >= 15 is 0 Å². The highest BCUT2D eigenvalue weighted by atomic mass is 16.7. The van der Waals surface area contributed by atoms with Crippen LogP contribution in [0.3, 0.4) is 0 Å². The third-order valence-corrected chi connectivity index (χ3v) is 7.16. The Kier molecular flexibility index (Phi) is 6.34. The average molecular weight is 426 g/mol. The second kappa shape index (κ2) is 8.88. The summed E-state index contributed by atoms with van der Waals surface area (Å²) in [4.78, 5) is 0. The summed E-state index contributed by atoms with van der Waals surface area (Å²) in [5.74, 6) is 0.372. The van der Waals surface area contributed by atoms with Gasteiger partial charge in [-0.2, -0.15) is 0 Å². The molecule has 0 atom stereocenters. The quantitative estimate of drug-likeness (QED) is 0.427. The number of benzene rings is 3. The molecule has 0 aliphatic carbocycles. The summed E-state index contributed by atoms with van der Waals surface area (Å²) >= 11 is 0. The molecule has 1 heterocycles. The average Bonchev–Trinajstić information content (AvgIpc) is 2.98. The zero-order valence-corrected chi connectivity index (χ0v) is 20.3. The van der Waals surface area contributed by atoms with Crippen LogP contribution in [0.5, 0.6) is 0 Å². The molecule has 1 fully saturated rings. The zero-order valence-electron chi connectivity index (χ0n) is 20.3. The van der Waals surface area contributed by atoms with Crippen LogP contribution < -0.4 is 5.46 Å². The second-order valence-electron chi connectivity index (χ2n) is 10.2. The summed E-state index contributed by atoms with van der Waals surface area (Å²) in [6.45, 7) is 12.7. The van der Waals surface area contributed by atoms with E-state index in [1.54, 1.807) is 0 Å². The molecule has 0 radical (unpaired) electrons. The molecule has 1 aliphatic rings. The van der Waals surface area contributed by atoms with Gasteiger partial charge in [0.15, 0.2) is 0 Å². The first-order chi connectivity index (χ1) is 15.1. The molecule has 0 N–H and O–H groups in total. The summed E-state index contributed by atoms with van der Waals surface area (Å²) < 4.78 is 12.5. The third-order valence-electron chi connectivity index (χ3n) is 7.16. The summed E-state index contributed by atoms with van der Waals surface area (Å²) in [5.41, 5.74) is 7.12. The number of hydrogen-bond acceptors (Lipinski definition) is 2. The van der Waals surface area contributed by atoms with Crippen LogP contribution in [0.15, 0.2) is 72.8 Å². The Balaban J connectivity index is 1.54. The first kappa shape index (κ1) is 22.8. The molecule has 0 aromatic heterocycles. The lowest BCUT2D eigenvalue weighted by Gasteiger charge is -2.32. The van der Waals surface area contributed by atoms with Crippen molar-refractivity contribution in [3.8, 4) is 0 Å². The van der Waals surface area contributed by atoms with Gasteiger partial charge >= 0.3 is 7.12 Å². The molecule has 1 aliphatic heterocycles. The van der Waals surface area contributed by atoms with E-state index in [4.69, 9.17) is 9.31 Å². The Labute approximate surface area is 194 Å². The first-order valence-corrected chi connectivity index (χ1v) is 11.7. The number of rotatable bonds is 6. The summed E-state index contributed by atoms with van der Waals surface area (Å²) in [6.07, 6.45) is 2.05. The summed E-state index contributed by atoms with van der Waals surface area (Å²) in [5, 5.41) is 0. The fourth-order valence-corrected chi connectivity index (χ4v) is 4.31. The molecule has 4 rings (SSSR count). The van der Waals surface area contributed by atoms with Gasteiger partial charge in [0.25, 0.3) is 0 Å². The Morgan fingerprint density at radius 1 is 0.719 bits per heavy atom. The Hall–Kier alpha value is -2.36. The van der Waals surface area contributed by atoms with Gasteiger partial charge in [0.2, 0.25) is 0 Å². The maximum Gasteiger partial charge on any atom is 0.494 e. The van der Waals surface area contributed by atoms with Crippen molar-refractivity contribution in [3.05, 3.63) is 101 Å². The maximum absolute atomic E-state index is 6.27. The van der Waals surface area contributed by atoms with Gasteiger partial charge in [-0.3, -0.25) is 0 Å². The van der Waals surface area contributed by atoms with Crippen LogP contribution in [0.1, 0.15) is 67.9 Å². The molecule has 2 nitrogen and oxygen atoms in total. The highest BCUT2D eigenvalue weighted by Crippen LogP contribution is 2.36. The largest absolute Gasteiger partial charge is 0.494 e. The Bertz CT molecular complexity index is 990. The number of hydrogen-bond donors (Lipinski definition) is 0. The van der Waals surface area contributed by atoms with E-state index in [9.17, 15) is 0 Å². The van der Waals surface area contributed by atoms with Gasteiger partial charge in [-0.05, 0) is 76.5 Å². The monoisotopic (exact) mass is 426 g/mol. The minimum Gasteiger partial charge on any atom is -0.399 e. The smallest absolute Gasteiger partial charge is 0.399 e. The summed E-state index contributed by atoms with van der Waals surface area (Å²) in [6, 6.07) is 26.7. The van der Waals surface area contributed by atoms with Crippen LogP contribution >= 0.6 is 0 Å². The van der Waals surface area contributed by atoms with Crippen molar-refractivity contribution >= 4 is 12.6 Å². The van der Waals surface area contributed by atoms with E-state index < -0.39 is 0 Å². The van der Waals surface area contributed by atoms with Gasteiger partial charge in [0, 0.05) is 5.92 Å². The molecular formula is C29H35BO2. The van der Waals surface area contributed by atoms with Crippen molar-refractivity contribution < 1.29 is 9.31 Å². The van der Waals surface area contributed by atoms with E-state index in [0.29, 0.717) is 5.92 Å². The molecule has 32 heavy (non-hydrogen) atoms. The normalized spacial score (nSPS) is 17.2. The molecule has 3 aromatic rings. The van der Waals surface area contributed by atoms with E-state index in [-0.39, 0.29) is 18.3 Å². The van der Waals surface area contributed by atoms with Crippen molar-refractivity contribution in [2.75, 3.05) is 0 Å². The topological polar surface area (TPSA) is 18.5 Å². The second-order valence-corrected chi connectivity index (χ2v) is 10.2. The van der Waals surface area contributed by atoms with E-state index in [2.05, 4.69) is 114 Å². The minimum absolute atomic E-state index is 0.315. The van der Waals surface area contributed by atoms with Crippen LogP contribution in [0.25, 0.3) is 0 Å². The highest BCUT2D eigenvalue weighted by Gasteiger charge is 2.51. The van der Waals surface area contributed by atoms with Gasteiger partial charge < -0.3 is 9.31 Å². The minimum atomic E-state index is -0.324. The standard InChI is InChI=1S/C29H35BO2/c1-21-10-15-24(16-11-21)27(25-17-12-22(2)13-18-25)19-14-23-8-7-9-26(20-23)30-31-28(3,4)29(5,6)32-30/h7-13,15-18,20,27H,14,19H2,1-6H3. The molecule has 0 amide bonds. The van der Waals surface area contributed by atoms with Crippen molar-refractivity contribution in [3.63, 3.8) is 0 Å². The fourth-order valence-electron chi connectivity index (χ4n) is 4.31. The molecule has 0 bridgehead atoms. The lowest BCUT2D eigenvalue weighted by atomic mass is 9.77. The van der Waals surface area contributed by atoms with Gasteiger partial charge in [0.1, 0.15) is 0 Å². The Morgan fingerprint density at radius 3 is 1.72 bits per heavy atom. The van der Waals surface area contributed by atoms with Crippen molar-refractivity contribution in [1.29, 1.82) is 0 Å². The predicted octanol–water partition coefficient (Wildman–Crippen LogP) is 6.37. The van der Waals surface area contributed by atoms with Gasteiger partial charge in [-0.25, -0.2) is 0 Å². The van der Waals surface area contributed by atoms with E-state index in [0.717, 1.165) is 18.3 Å². The van der Waals surface area contributed by atoms with E-state index in [1.165, 1.54) is 27.8 Å². The van der Waals surface area contributed by atoms with Crippen LogP contribution in [-0.2, 0) is 15.7 Å². The van der Waals surface area contributed by atoms with Crippen molar-refractivity contribution in [2.45, 2.75) is 71.5 Å². The lowest BCUT2D eigenvalue weighted by Crippen LogP contribution is -2.41. The first-order valence-electron chi connectivity index (χ1n) is 11.7. The molecule has 0 saturated carbocycles. The molecule has 0 unspecified atom stereocenters. The molecule has 166 valence electrons. The van der Waals surface area contributed by atoms with Gasteiger partial charge in [0.05, 0.1) is 11.2 Å². The van der Waals surface area contributed by atoms with Crippen molar-refractivity contribution in [2.24, 2.45) is 0 Å². The van der Waals surface area contributed by atoms with Crippen LogP contribution in [0, 0.1) is 13.8 Å². The SMILES string of the molecule is Cc1ccc(C(CCc2cccc(B3OC(C)(C)C(C)(C)O3)c2)c2ccc(C)cc2)cc1. The van der Waals surface area contributed by atoms with Gasteiger partial charge in [-0.1, -0.05) is 83.9 Å². The molecular weight excluding hydrogens is 391 g/mol. The maximum atomic E-state index is 6.27. The molecule has 3 aromatic carbocycles. The van der Waals surface area contributed by atoms with E-state index in [1.807, 2.05) is 0 Å². The summed E-state index contributed by atoms with van der Waals surface area (Å²) in [7, 11) is -0.315. The fraction of sp³-hybridized carbons (Fsp3) is 0.379. The van der Waals surface area contributed by atoms with Gasteiger partial charge in [-0.15, -0.1) is 0 Å². The molecule has 1 saturated heterocycles. The molecule has 0 spiro atoms. The zero-order chi connectivity index (χ0) is 22.9. The van der Waals surface area contributed by atoms with Crippen LogP contribution in [0.4, 0.5) is 0 Å².